The first-order chi connectivity index (χ1) is 8.02. The number of carbonyl (C=O) groups is 3. The van der Waals surface area contributed by atoms with Gasteiger partial charge in [0.25, 0.3) is 0 Å². The summed E-state index contributed by atoms with van der Waals surface area (Å²) >= 11 is 0. The van der Waals surface area contributed by atoms with Gasteiger partial charge in [0.05, 0.1) is 13.2 Å². The van der Waals surface area contributed by atoms with Crippen LogP contribution in [0.4, 0.5) is 13.2 Å². The Labute approximate surface area is 100 Å². The lowest BCUT2D eigenvalue weighted by Gasteiger charge is -2.05. The number of carboxylic acids is 1. The smallest absolute Gasteiger partial charge is 0.475 e. The number of rotatable bonds is 3. The molecule has 0 bridgehead atoms. The van der Waals surface area contributed by atoms with Crippen LogP contribution in [0.1, 0.15) is 6.92 Å². The van der Waals surface area contributed by atoms with Crippen LogP contribution in [-0.4, -0.2) is 48.8 Å². The van der Waals surface area contributed by atoms with Crippen LogP contribution in [0.5, 0.6) is 0 Å². The highest BCUT2D eigenvalue weighted by molar-refractivity contribution is 5.85. The van der Waals surface area contributed by atoms with Gasteiger partial charge >= 0.3 is 18.1 Å². The molecule has 0 aromatic heterocycles. The van der Waals surface area contributed by atoms with Crippen molar-refractivity contribution in [3.63, 3.8) is 0 Å². The Bertz CT molecular complexity index is 304. The zero-order valence-corrected chi connectivity index (χ0v) is 9.58. The van der Waals surface area contributed by atoms with Crippen molar-refractivity contribution in [1.82, 2.24) is 5.32 Å². The van der Waals surface area contributed by atoms with E-state index in [1.807, 2.05) is 0 Å². The van der Waals surface area contributed by atoms with Crippen molar-refractivity contribution < 1.29 is 37.4 Å². The van der Waals surface area contributed by atoms with Gasteiger partial charge in [-0.3, -0.25) is 9.59 Å². The van der Waals surface area contributed by atoms with Crippen molar-refractivity contribution in [3.8, 4) is 0 Å². The second-order valence-electron chi connectivity index (χ2n) is 2.89. The number of carbonyl (C=O) groups excluding carboxylic acids is 2. The third-order valence-corrected chi connectivity index (χ3v) is 1.29. The van der Waals surface area contributed by atoms with Crippen LogP contribution in [0.2, 0.25) is 0 Å². The van der Waals surface area contributed by atoms with Crippen molar-refractivity contribution in [3.05, 3.63) is 0 Å². The third-order valence-electron chi connectivity index (χ3n) is 1.29. The summed E-state index contributed by atoms with van der Waals surface area (Å²) in [6, 6.07) is -0.598. The largest absolute Gasteiger partial charge is 0.490 e. The highest BCUT2D eigenvalue weighted by Crippen LogP contribution is 2.13. The van der Waals surface area contributed by atoms with E-state index in [1.165, 1.54) is 14.0 Å². The van der Waals surface area contributed by atoms with E-state index in [2.05, 4.69) is 10.1 Å². The van der Waals surface area contributed by atoms with Gasteiger partial charge in [-0.1, -0.05) is 0 Å². The molecule has 0 aliphatic carbocycles. The van der Waals surface area contributed by atoms with E-state index in [9.17, 15) is 22.8 Å². The summed E-state index contributed by atoms with van der Waals surface area (Å²) in [5.41, 5.74) is 5.20. The van der Waals surface area contributed by atoms with Crippen LogP contribution in [0, 0.1) is 0 Å². The summed E-state index contributed by atoms with van der Waals surface area (Å²) in [4.78, 5) is 30.1. The molecular weight excluding hydrogens is 261 g/mol. The van der Waals surface area contributed by atoms with E-state index in [-0.39, 0.29) is 12.5 Å². The minimum atomic E-state index is -5.08. The van der Waals surface area contributed by atoms with Gasteiger partial charge in [-0.25, -0.2) is 4.79 Å². The highest BCUT2D eigenvalue weighted by atomic mass is 19.4. The van der Waals surface area contributed by atoms with Crippen molar-refractivity contribution >= 4 is 17.8 Å². The van der Waals surface area contributed by atoms with Crippen molar-refractivity contribution in [2.75, 3.05) is 13.7 Å². The fraction of sp³-hybridized carbons (Fsp3) is 0.625. The zero-order valence-electron chi connectivity index (χ0n) is 9.58. The number of nitrogens with one attached hydrogen (secondary N) is 1. The van der Waals surface area contributed by atoms with Gasteiger partial charge in [-0.2, -0.15) is 13.2 Å². The number of aliphatic carboxylic acids is 1. The maximum Gasteiger partial charge on any atom is 0.490 e. The van der Waals surface area contributed by atoms with Crippen molar-refractivity contribution in [1.29, 1.82) is 0 Å². The van der Waals surface area contributed by atoms with Gasteiger partial charge in [0.1, 0.15) is 6.54 Å². The van der Waals surface area contributed by atoms with Crippen LogP contribution in [-0.2, 0) is 19.1 Å². The average Bonchev–Trinajstić information content (AvgIpc) is 2.24. The number of esters is 1. The molecule has 0 aromatic carbocycles. The molecule has 1 amide bonds. The number of halogens is 3. The highest BCUT2D eigenvalue weighted by Gasteiger charge is 2.38. The number of carboxylic acid groups (broad SMARTS) is 1. The monoisotopic (exact) mass is 274 g/mol. The summed E-state index contributed by atoms with van der Waals surface area (Å²) in [5, 5.41) is 9.42. The first-order valence-electron chi connectivity index (χ1n) is 4.42. The molecule has 0 spiro atoms. The van der Waals surface area contributed by atoms with Gasteiger partial charge in [-0.15, -0.1) is 0 Å². The van der Waals surface area contributed by atoms with E-state index < -0.39 is 24.2 Å². The number of hydrogen-bond donors (Lipinski definition) is 3. The Kier molecular flexibility index (Phi) is 8.52. The maximum absolute atomic E-state index is 10.7. The van der Waals surface area contributed by atoms with E-state index in [0.29, 0.717) is 0 Å². The van der Waals surface area contributed by atoms with Gasteiger partial charge in [0.15, 0.2) is 0 Å². The minimum absolute atomic E-state index is 0.128. The van der Waals surface area contributed by atoms with E-state index in [4.69, 9.17) is 15.6 Å². The molecule has 18 heavy (non-hydrogen) atoms. The SMILES string of the molecule is COC(=O)CNC(=O)C(C)N.O=C(O)C(F)(F)F. The molecule has 0 fully saturated rings. The lowest BCUT2D eigenvalue weighted by Crippen LogP contribution is -2.40. The average molecular weight is 274 g/mol. The lowest BCUT2D eigenvalue weighted by atomic mass is 10.3. The summed E-state index contributed by atoms with van der Waals surface area (Å²) in [6.45, 7) is 1.41. The molecule has 106 valence electrons. The summed E-state index contributed by atoms with van der Waals surface area (Å²) in [5.74, 6) is -3.61. The first-order valence-corrected chi connectivity index (χ1v) is 4.42. The maximum atomic E-state index is 10.7. The molecule has 7 nitrogen and oxygen atoms in total. The number of methoxy groups -OCH3 is 1. The number of alkyl halides is 3. The Morgan fingerprint density at radius 1 is 1.39 bits per heavy atom. The molecule has 0 aromatic rings. The molecule has 0 radical (unpaired) electrons. The Morgan fingerprint density at radius 2 is 1.78 bits per heavy atom. The Hall–Kier alpha value is -1.84. The van der Waals surface area contributed by atoms with Gasteiger partial charge in [-0.05, 0) is 6.92 Å². The number of nitrogens with two attached hydrogens (primary N) is 1. The number of amides is 1. The normalized spacial score (nSPS) is 11.7. The van der Waals surface area contributed by atoms with Gasteiger partial charge in [0.2, 0.25) is 5.91 Å². The molecule has 0 saturated carbocycles. The topological polar surface area (TPSA) is 119 Å². The third kappa shape index (κ3) is 10.7. The quantitative estimate of drug-likeness (QED) is 0.583. The molecule has 0 aliphatic rings. The Balaban J connectivity index is 0. The predicted molar refractivity (Wildman–Crippen MR) is 52.4 cm³/mol. The summed E-state index contributed by atoms with van der Waals surface area (Å²) < 4.78 is 36.0. The van der Waals surface area contributed by atoms with Crippen LogP contribution < -0.4 is 11.1 Å². The standard InChI is InChI=1S/C6H12N2O3.C2HF3O2/c1-4(7)6(10)8-3-5(9)11-2;3-2(4,5)1(6)7/h4H,3,7H2,1-2H3,(H,8,10);(H,6,7). The van der Waals surface area contributed by atoms with E-state index >= 15 is 0 Å². The van der Waals surface area contributed by atoms with Crippen LogP contribution in [0.25, 0.3) is 0 Å². The summed E-state index contributed by atoms with van der Waals surface area (Å²) in [7, 11) is 1.25. The van der Waals surface area contributed by atoms with Gasteiger partial charge in [0, 0.05) is 0 Å². The van der Waals surface area contributed by atoms with Gasteiger partial charge < -0.3 is 20.9 Å². The molecule has 0 aliphatic heterocycles. The minimum Gasteiger partial charge on any atom is -0.475 e. The predicted octanol–water partition coefficient (Wildman–Crippen LogP) is -0.744. The first kappa shape index (κ1) is 18.5. The molecule has 4 N–H and O–H groups in total. The molecule has 1 atom stereocenters. The second-order valence-corrected chi connectivity index (χ2v) is 2.89. The van der Waals surface area contributed by atoms with Crippen LogP contribution in [0.3, 0.4) is 0 Å². The fourth-order valence-electron chi connectivity index (χ4n) is 0.392. The van der Waals surface area contributed by atoms with E-state index in [0.717, 1.165) is 0 Å². The number of hydrogen-bond acceptors (Lipinski definition) is 5. The molecule has 0 heterocycles. The second kappa shape index (κ2) is 8.28. The Morgan fingerprint density at radius 3 is 2.00 bits per heavy atom. The summed E-state index contributed by atoms with van der Waals surface area (Å²) in [6.07, 6.45) is -5.08. The van der Waals surface area contributed by atoms with Crippen LogP contribution in [0.15, 0.2) is 0 Å². The van der Waals surface area contributed by atoms with Crippen molar-refractivity contribution in [2.24, 2.45) is 5.73 Å². The molecule has 0 rings (SSSR count). The van der Waals surface area contributed by atoms with E-state index in [1.54, 1.807) is 0 Å². The molecule has 1 unspecified atom stereocenters. The lowest BCUT2D eigenvalue weighted by molar-refractivity contribution is -0.192. The number of ether oxygens (including phenoxy) is 1. The van der Waals surface area contributed by atoms with Crippen LogP contribution >= 0.6 is 0 Å². The van der Waals surface area contributed by atoms with Crippen molar-refractivity contribution in [2.45, 2.75) is 19.1 Å². The molecular formula is C8H13F3N2O5. The zero-order chi connectivity index (χ0) is 14.9. The molecule has 10 heteroatoms. The molecule has 0 saturated heterocycles. The fourth-order valence-corrected chi connectivity index (χ4v) is 0.392.